The Morgan fingerprint density at radius 3 is 2.63 bits per heavy atom. The second-order valence-corrected chi connectivity index (χ2v) is 8.40. The van der Waals surface area contributed by atoms with Gasteiger partial charge in [0.25, 0.3) is 5.91 Å². The van der Waals surface area contributed by atoms with Crippen molar-refractivity contribution < 1.29 is 28.2 Å². The van der Waals surface area contributed by atoms with E-state index in [1.165, 1.54) is 31.3 Å². The fraction of sp³-hybridized carbons (Fsp3) is 0.360. The van der Waals surface area contributed by atoms with E-state index >= 15 is 0 Å². The summed E-state index contributed by atoms with van der Waals surface area (Å²) in [6.45, 7) is 0.621. The molecular formula is C25H27FN4O5. The van der Waals surface area contributed by atoms with Gasteiger partial charge in [0.05, 0.1) is 30.0 Å². The second kappa shape index (κ2) is 10.6. The molecule has 35 heavy (non-hydrogen) atoms. The third-order valence-corrected chi connectivity index (χ3v) is 6.01. The zero-order valence-corrected chi connectivity index (χ0v) is 19.6. The van der Waals surface area contributed by atoms with Gasteiger partial charge in [-0.05, 0) is 49.1 Å². The van der Waals surface area contributed by atoms with Crippen LogP contribution < -0.4 is 5.32 Å². The predicted octanol–water partition coefficient (Wildman–Crippen LogP) is 2.98. The van der Waals surface area contributed by atoms with Gasteiger partial charge in [0.1, 0.15) is 18.5 Å². The molecule has 0 saturated carbocycles. The number of nitrogens with zero attached hydrogens (tertiary/aromatic N) is 3. The summed E-state index contributed by atoms with van der Waals surface area (Å²) >= 11 is 0. The number of fused-ring (bicyclic) bond motifs is 1. The first kappa shape index (κ1) is 24.3. The minimum Gasteiger partial charge on any atom is -0.467 e. The minimum absolute atomic E-state index is 0.142. The van der Waals surface area contributed by atoms with Gasteiger partial charge in [0.15, 0.2) is 0 Å². The number of anilines is 1. The Kier molecular flexibility index (Phi) is 7.40. The fourth-order valence-corrected chi connectivity index (χ4v) is 4.39. The summed E-state index contributed by atoms with van der Waals surface area (Å²) < 4.78 is 25.0. The average Bonchev–Trinajstić information content (AvgIpc) is 3.26. The van der Waals surface area contributed by atoms with Crippen molar-refractivity contribution in [2.45, 2.75) is 31.8 Å². The van der Waals surface area contributed by atoms with Crippen molar-refractivity contribution in [1.29, 1.82) is 0 Å². The van der Waals surface area contributed by atoms with Crippen LogP contribution in [0.1, 0.15) is 35.2 Å². The van der Waals surface area contributed by atoms with E-state index in [-0.39, 0.29) is 24.2 Å². The van der Waals surface area contributed by atoms with E-state index < -0.39 is 12.0 Å². The lowest BCUT2D eigenvalue weighted by molar-refractivity contribution is -0.147. The number of hydrogen-bond acceptors (Lipinski definition) is 6. The van der Waals surface area contributed by atoms with Gasteiger partial charge in [-0.15, -0.1) is 0 Å². The van der Waals surface area contributed by atoms with Crippen LogP contribution >= 0.6 is 0 Å². The maximum atomic E-state index is 13.8. The number of aromatic nitrogens is 2. The topological polar surface area (TPSA) is 103 Å². The minimum atomic E-state index is -0.684. The molecule has 0 radical (unpaired) electrons. The van der Waals surface area contributed by atoms with Crippen LogP contribution in [-0.2, 0) is 25.6 Å². The number of likely N-dealkylation sites (tertiary alicyclic amines) is 1. The summed E-state index contributed by atoms with van der Waals surface area (Å²) in [5.74, 6) is -1.52. The lowest BCUT2D eigenvalue weighted by Gasteiger charge is -2.34. The number of benzene rings is 2. The molecule has 9 nitrogen and oxygen atoms in total. The first-order valence-corrected chi connectivity index (χ1v) is 11.3. The maximum absolute atomic E-state index is 13.8. The molecule has 0 aliphatic carbocycles. The normalized spacial score (nSPS) is 15.7. The van der Waals surface area contributed by atoms with Crippen molar-refractivity contribution in [2.75, 3.05) is 32.7 Å². The van der Waals surface area contributed by atoms with E-state index in [0.29, 0.717) is 41.8 Å². The molecule has 4 rings (SSSR count). The van der Waals surface area contributed by atoms with Gasteiger partial charge in [0, 0.05) is 25.9 Å². The van der Waals surface area contributed by atoms with Crippen molar-refractivity contribution >= 4 is 34.5 Å². The molecule has 184 valence electrons. The number of hydrogen-bond donors (Lipinski definition) is 1. The Morgan fingerprint density at radius 1 is 1.14 bits per heavy atom. The molecular weight excluding hydrogens is 455 g/mol. The molecule has 2 aromatic carbocycles. The highest BCUT2D eigenvalue weighted by Gasteiger charge is 2.34. The van der Waals surface area contributed by atoms with Gasteiger partial charge in [0.2, 0.25) is 5.91 Å². The number of piperidine rings is 1. The molecule has 1 aliphatic rings. The number of carbonyl (C=O) groups excluding carboxylic acids is 3. The third-order valence-electron chi connectivity index (χ3n) is 6.01. The van der Waals surface area contributed by atoms with Crippen LogP contribution in [0.15, 0.2) is 42.7 Å². The molecule has 0 spiro atoms. The zero-order chi connectivity index (χ0) is 24.9. The van der Waals surface area contributed by atoms with Gasteiger partial charge >= 0.3 is 5.97 Å². The molecule has 1 aromatic heterocycles. The summed E-state index contributed by atoms with van der Waals surface area (Å²) in [6.07, 6.45) is 3.69. The highest BCUT2D eigenvalue weighted by atomic mass is 19.1. The second-order valence-electron chi connectivity index (χ2n) is 8.40. The summed E-state index contributed by atoms with van der Waals surface area (Å²) in [5, 5.41) is 2.73. The van der Waals surface area contributed by atoms with E-state index in [2.05, 4.69) is 10.3 Å². The number of esters is 1. The largest absolute Gasteiger partial charge is 0.467 e. The SMILES string of the molecule is COCC(=O)Nc1cc(C(=O)N2CCCC[C@H]2C(=O)OC)c2c(c1)ncn2Cc1ccc(F)cc1. The predicted molar refractivity (Wildman–Crippen MR) is 126 cm³/mol. The van der Waals surface area contributed by atoms with Crippen molar-refractivity contribution in [3.63, 3.8) is 0 Å². The van der Waals surface area contributed by atoms with E-state index in [0.717, 1.165) is 18.4 Å². The Labute approximate surface area is 201 Å². The van der Waals surface area contributed by atoms with Crippen LogP contribution in [-0.4, -0.2) is 65.6 Å². The smallest absolute Gasteiger partial charge is 0.328 e. The molecule has 1 N–H and O–H groups in total. The van der Waals surface area contributed by atoms with Crippen LogP contribution in [0.2, 0.25) is 0 Å². The first-order valence-electron chi connectivity index (χ1n) is 11.3. The van der Waals surface area contributed by atoms with Crippen LogP contribution in [0.25, 0.3) is 11.0 Å². The van der Waals surface area contributed by atoms with Gasteiger partial charge in [-0.1, -0.05) is 12.1 Å². The molecule has 2 heterocycles. The Morgan fingerprint density at radius 2 is 1.91 bits per heavy atom. The van der Waals surface area contributed by atoms with Gasteiger partial charge in [-0.2, -0.15) is 0 Å². The zero-order valence-electron chi connectivity index (χ0n) is 19.6. The number of nitrogens with one attached hydrogen (secondary N) is 1. The number of halogens is 1. The van der Waals surface area contributed by atoms with Gasteiger partial charge < -0.3 is 24.3 Å². The molecule has 1 atom stereocenters. The number of imidazole rings is 1. The lowest BCUT2D eigenvalue weighted by atomic mass is 10.00. The quantitative estimate of drug-likeness (QED) is 0.520. The average molecular weight is 483 g/mol. The number of amides is 2. The maximum Gasteiger partial charge on any atom is 0.328 e. The third kappa shape index (κ3) is 5.32. The van der Waals surface area contributed by atoms with Gasteiger partial charge in [-0.3, -0.25) is 9.59 Å². The monoisotopic (exact) mass is 482 g/mol. The number of carbonyl (C=O) groups is 3. The van der Waals surface area contributed by atoms with Crippen molar-refractivity contribution in [3.8, 4) is 0 Å². The fourth-order valence-electron chi connectivity index (χ4n) is 4.39. The molecule has 3 aromatic rings. The number of rotatable bonds is 7. The van der Waals surface area contributed by atoms with Crippen molar-refractivity contribution in [3.05, 3.63) is 59.7 Å². The van der Waals surface area contributed by atoms with E-state index in [4.69, 9.17) is 9.47 Å². The molecule has 1 aliphatic heterocycles. The summed E-state index contributed by atoms with van der Waals surface area (Å²) in [6, 6.07) is 8.66. The van der Waals surface area contributed by atoms with E-state index in [1.807, 2.05) is 0 Å². The molecule has 0 bridgehead atoms. The van der Waals surface area contributed by atoms with Crippen molar-refractivity contribution in [1.82, 2.24) is 14.5 Å². The van der Waals surface area contributed by atoms with Crippen LogP contribution in [0.3, 0.4) is 0 Å². The standard InChI is InChI=1S/C25H27FN4O5/c1-34-14-22(31)28-18-11-19(24(32)30-10-4-3-5-21(30)25(33)35-2)23-20(12-18)27-15-29(23)13-16-6-8-17(26)9-7-16/h6-9,11-12,15,21H,3-5,10,13-14H2,1-2H3,(H,28,31)/t21-/m0/s1. The lowest BCUT2D eigenvalue weighted by Crippen LogP contribution is -2.48. The molecule has 0 unspecified atom stereocenters. The van der Waals surface area contributed by atoms with Crippen LogP contribution in [0, 0.1) is 5.82 Å². The highest BCUT2D eigenvalue weighted by Crippen LogP contribution is 2.28. The molecule has 1 saturated heterocycles. The number of methoxy groups -OCH3 is 2. The van der Waals surface area contributed by atoms with Gasteiger partial charge in [-0.25, -0.2) is 14.2 Å². The molecule has 10 heteroatoms. The first-order chi connectivity index (χ1) is 16.9. The Hall–Kier alpha value is -3.79. The van der Waals surface area contributed by atoms with Crippen molar-refractivity contribution in [2.24, 2.45) is 0 Å². The van der Waals surface area contributed by atoms with E-state index in [1.54, 1.807) is 35.2 Å². The summed E-state index contributed by atoms with van der Waals surface area (Å²) in [4.78, 5) is 44.4. The number of ether oxygens (including phenoxy) is 2. The summed E-state index contributed by atoms with van der Waals surface area (Å²) in [5.41, 5.74) is 2.56. The van der Waals surface area contributed by atoms with Crippen LogP contribution in [0.5, 0.6) is 0 Å². The summed E-state index contributed by atoms with van der Waals surface area (Å²) in [7, 11) is 2.72. The highest BCUT2D eigenvalue weighted by molar-refractivity contribution is 6.08. The Balaban J connectivity index is 1.78. The van der Waals surface area contributed by atoms with E-state index in [9.17, 15) is 18.8 Å². The Bertz CT molecular complexity index is 1240. The van der Waals surface area contributed by atoms with Crippen LogP contribution in [0.4, 0.5) is 10.1 Å². The molecule has 1 fully saturated rings. The molecule has 2 amide bonds.